The summed E-state index contributed by atoms with van der Waals surface area (Å²) in [6.45, 7) is 5.66. The summed E-state index contributed by atoms with van der Waals surface area (Å²) in [4.78, 5) is 14.5. The first-order chi connectivity index (χ1) is 13.4. The number of nitrogens with zero attached hydrogens (tertiary/aromatic N) is 2. The molecule has 0 saturated carbocycles. The topological polar surface area (TPSA) is 69.7 Å². The first-order valence-electron chi connectivity index (χ1n) is 9.57. The second-order valence-electron chi connectivity index (χ2n) is 7.00. The van der Waals surface area contributed by atoms with Crippen LogP contribution < -0.4 is 5.32 Å². The number of anilines is 1. The van der Waals surface area contributed by atoms with Crippen LogP contribution in [-0.4, -0.2) is 56.3 Å². The van der Waals surface area contributed by atoms with Gasteiger partial charge in [0.25, 0.3) is 0 Å². The number of sulfonamides is 1. The van der Waals surface area contributed by atoms with Gasteiger partial charge in [0.15, 0.2) is 0 Å². The first-order valence-corrected chi connectivity index (χ1v) is 11.0. The number of nitrogens with one attached hydrogen (secondary N) is 1. The summed E-state index contributed by atoms with van der Waals surface area (Å²) in [5.41, 5.74) is 3.18. The third kappa shape index (κ3) is 4.72. The lowest BCUT2D eigenvalue weighted by Gasteiger charge is -2.34. The summed E-state index contributed by atoms with van der Waals surface area (Å²) in [5, 5.41) is 3.14. The molecule has 0 aliphatic carbocycles. The van der Waals surface area contributed by atoms with Crippen LogP contribution in [0, 0.1) is 6.92 Å². The van der Waals surface area contributed by atoms with Crippen molar-refractivity contribution in [3.05, 3.63) is 59.7 Å². The van der Waals surface area contributed by atoms with E-state index in [9.17, 15) is 13.2 Å². The normalized spacial score (nSPS) is 15.4. The van der Waals surface area contributed by atoms with Crippen molar-refractivity contribution >= 4 is 21.6 Å². The van der Waals surface area contributed by atoms with Gasteiger partial charge in [-0.25, -0.2) is 8.42 Å². The highest BCUT2D eigenvalue weighted by molar-refractivity contribution is 7.89. The Hall–Kier alpha value is -2.38. The average Bonchev–Trinajstić information content (AvgIpc) is 2.73. The zero-order valence-electron chi connectivity index (χ0n) is 16.4. The number of amides is 1. The highest BCUT2D eigenvalue weighted by Gasteiger charge is 2.29. The molecule has 0 atom stereocenters. The maximum Gasteiger partial charge on any atom is 0.243 e. The molecule has 150 valence electrons. The Kier molecular flexibility index (Phi) is 6.36. The van der Waals surface area contributed by atoms with Gasteiger partial charge in [-0.05, 0) is 43.2 Å². The Balaban J connectivity index is 1.52. The Morgan fingerprint density at radius 1 is 0.964 bits per heavy atom. The standard InChI is InChI=1S/C21H27N3O3S/c1-3-18-6-8-19(9-7-18)22-16-21(25)23-12-14-24(15-13-23)28(26,27)20-10-4-17(2)5-11-20/h4-11,22H,3,12-16H2,1-2H3. The predicted octanol–water partition coefficient (Wildman–Crippen LogP) is 2.50. The molecule has 6 nitrogen and oxygen atoms in total. The number of rotatable bonds is 6. The molecular formula is C21H27N3O3S. The van der Waals surface area contributed by atoms with Crippen LogP contribution in [0.3, 0.4) is 0 Å². The first kappa shape index (κ1) is 20.4. The summed E-state index contributed by atoms with van der Waals surface area (Å²) in [5.74, 6) is -0.0213. The van der Waals surface area contributed by atoms with Crippen LogP contribution in [0.25, 0.3) is 0 Å². The summed E-state index contributed by atoms with van der Waals surface area (Å²) in [6, 6.07) is 14.9. The minimum atomic E-state index is -3.51. The van der Waals surface area contributed by atoms with Crippen molar-refractivity contribution in [2.24, 2.45) is 0 Å². The van der Waals surface area contributed by atoms with E-state index in [1.165, 1.54) is 9.87 Å². The van der Waals surface area contributed by atoms with Gasteiger partial charge in [0.05, 0.1) is 11.4 Å². The Morgan fingerprint density at radius 2 is 1.57 bits per heavy atom. The second-order valence-corrected chi connectivity index (χ2v) is 8.94. The van der Waals surface area contributed by atoms with Crippen LogP contribution in [0.4, 0.5) is 5.69 Å². The number of carbonyl (C=O) groups excluding carboxylic acids is 1. The van der Waals surface area contributed by atoms with Gasteiger partial charge in [-0.1, -0.05) is 36.8 Å². The molecule has 2 aromatic carbocycles. The molecule has 1 heterocycles. The molecule has 1 saturated heterocycles. The van der Waals surface area contributed by atoms with Crippen LogP contribution in [0.1, 0.15) is 18.1 Å². The van der Waals surface area contributed by atoms with Crippen LogP contribution in [0.15, 0.2) is 53.4 Å². The van der Waals surface area contributed by atoms with Gasteiger partial charge in [-0.15, -0.1) is 0 Å². The minimum Gasteiger partial charge on any atom is -0.376 e. The summed E-state index contributed by atoms with van der Waals surface area (Å²) in [6.07, 6.45) is 0.981. The van der Waals surface area contributed by atoms with E-state index in [0.717, 1.165) is 17.7 Å². The Labute approximate surface area is 167 Å². The number of benzene rings is 2. The van der Waals surface area contributed by atoms with Crippen LogP contribution >= 0.6 is 0 Å². The van der Waals surface area contributed by atoms with Crippen molar-refractivity contribution in [3.8, 4) is 0 Å². The van der Waals surface area contributed by atoms with Gasteiger partial charge in [0.2, 0.25) is 15.9 Å². The maximum absolute atomic E-state index is 12.7. The van der Waals surface area contributed by atoms with Crippen molar-refractivity contribution in [3.63, 3.8) is 0 Å². The quantitative estimate of drug-likeness (QED) is 0.807. The molecule has 0 aromatic heterocycles. The highest BCUT2D eigenvalue weighted by atomic mass is 32.2. The van der Waals surface area contributed by atoms with Gasteiger partial charge in [-0.2, -0.15) is 4.31 Å². The van der Waals surface area contributed by atoms with E-state index in [0.29, 0.717) is 31.1 Å². The van der Waals surface area contributed by atoms with Crippen LogP contribution in [0.2, 0.25) is 0 Å². The van der Waals surface area contributed by atoms with Crippen molar-refractivity contribution in [2.75, 3.05) is 38.0 Å². The smallest absolute Gasteiger partial charge is 0.243 e. The third-order valence-corrected chi connectivity index (χ3v) is 6.97. The molecule has 7 heteroatoms. The molecule has 1 fully saturated rings. The molecule has 1 aliphatic rings. The number of carbonyl (C=O) groups is 1. The van der Waals surface area contributed by atoms with Gasteiger partial charge in [0, 0.05) is 31.9 Å². The zero-order valence-corrected chi connectivity index (χ0v) is 17.2. The van der Waals surface area contributed by atoms with E-state index in [1.54, 1.807) is 29.2 Å². The molecule has 1 N–H and O–H groups in total. The van der Waals surface area contributed by atoms with Gasteiger partial charge < -0.3 is 10.2 Å². The highest BCUT2D eigenvalue weighted by Crippen LogP contribution is 2.18. The molecule has 0 bridgehead atoms. The molecule has 0 spiro atoms. The predicted molar refractivity (Wildman–Crippen MR) is 111 cm³/mol. The number of hydrogen-bond acceptors (Lipinski definition) is 4. The third-order valence-electron chi connectivity index (χ3n) is 5.06. The molecule has 0 unspecified atom stereocenters. The summed E-state index contributed by atoms with van der Waals surface area (Å²) >= 11 is 0. The lowest BCUT2D eigenvalue weighted by Crippen LogP contribution is -2.51. The van der Waals surface area contributed by atoms with E-state index >= 15 is 0 Å². The molecule has 1 aliphatic heterocycles. The molecular weight excluding hydrogens is 374 g/mol. The van der Waals surface area contributed by atoms with E-state index < -0.39 is 10.0 Å². The van der Waals surface area contributed by atoms with Gasteiger partial charge in [0.1, 0.15) is 0 Å². The summed E-state index contributed by atoms with van der Waals surface area (Å²) in [7, 11) is -3.51. The number of hydrogen-bond donors (Lipinski definition) is 1. The molecule has 0 radical (unpaired) electrons. The van der Waals surface area contributed by atoms with Gasteiger partial charge in [-0.3, -0.25) is 4.79 Å². The van der Waals surface area contributed by atoms with E-state index in [1.807, 2.05) is 31.2 Å². The average molecular weight is 402 g/mol. The minimum absolute atomic E-state index is 0.0213. The lowest BCUT2D eigenvalue weighted by molar-refractivity contribution is -0.130. The zero-order chi connectivity index (χ0) is 20.1. The SMILES string of the molecule is CCc1ccc(NCC(=O)N2CCN(S(=O)(=O)c3ccc(C)cc3)CC2)cc1. The van der Waals surface area contributed by atoms with Crippen molar-refractivity contribution in [1.82, 2.24) is 9.21 Å². The van der Waals surface area contributed by atoms with E-state index in [2.05, 4.69) is 12.2 Å². The van der Waals surface area contributed by atoms with Crippen molar-refractivity contribution in [2.45, 2.75) is 25.2 Å². The van der Waals surface area contributed by atoms with Crippen LogP contribution in [-0.2, 0) is 21.2 Å². The van der Waals surface area contributed by atoms with E-state index in [4.69, 9.17) is 0 Å². The Morgan fingerprint density at radius 3 is 2.14 bits per heavy atom. The number of aryl methyl sites for hydroxylation is 2. The molecule has 2 aromatic rings. The maximum atomic E-state index is 12.7. The fraction of sp³-hybridized carbons (Fsp3) is 0.381. The Bertz CT molecular complexity index is 901. The monoisotopic (exact) mass is 401 g/mol. The summed E-state index contributed by atoms with van der Waals surface area (Å²) < 4.78 is 27.0. The lowest BCUT2D eigenvalue weighted by atomic mass is 10.1. The molecule has 28 heavy (non-hydrogen) atoms. The molecule has 1 amide bonds. The fourth-order valence-electron chi connectivity index (χ4n) is 3.18. The van der Waals surface area contributed by atoms with Gasteiger partial charge >= 0.3 is 0 Å². The largest absolute Gasteiger partial charge is 0.376 e. The second kappa shape index (κ2) is 8.75. The van der Waals surface area contributed by atoms with Crippen molar-refractivity contribution in [1.29, 1.82) is 0 Å². The molecule has 3 rings (SSSR count). The van der Waals surface area contributed by atoms with Crippen molar-refractivity contribution < 1.29 is 13.2 Å². The van der Waals surface area contributed by atoms with Crippen LogP contribution in [0.5, 0.6) is 0 Å². The number of piperazine rings is 1. The fourth-order valence-corrected chi connectivity index (χ4v) is 4.61. The van der Waals surface area contributed by atoms with E-state index in [-0.39, 0.29) is 12.5 Å².